The van der Waals surface area contributed by atoms with E-state index in [9.17, 15) is 13.2 Å². The summed E-state index contributed by atoms with van der Waals surface area (Å²) in [5.74, 6) is 0.271. The molecule has 0 fully saturated rings. The van der Waals surface area contributed by atoms with Crippen LogP contribution in [0.4, 0.5) is 5.69 Å². The van der Waals surface area contributed by atoms with E-state index in [1.54, 1.807) is 43.5 Å². The predicted octanol–water partition coefficient (Wildman–Crippen LogP) is 1.93. The van der Waals surface area contributed by atoms with E-state index >= 15 is 0 Å². The lowest BCUT2D eigenvalue weighted by molar-refractivity contribution is -0.120. The Hall–Kier alpha value is -2.91. The van der Waals surface area contributed by atoms with Crippen LogP contribution in [-0.4, -0.2) is 52.7 Å². The summed E-state index contributed by atoms with van der Waals surface area (Å²) >= 11 is 0. The number of hydrogen-bond acceptors (Lipinski definition) is 6. The molecule has 8 nitrogen and oxygen atoms in total. The highest BCUT2D eigenvalue weighted by Crippen LogP contribution is 2.17. The number of oxime groups is 1. The Kier molecular flexibility index (Phi) is 6.91. The van der Waals surface area contributed by atoms with Gasteiger partial charge >= 0.3 is 0 Å². The molecule has 0 atom stereocenters. The van der Waals surface area contributed by atoms with Gasteiger partial charge in [-0.15, -0.1) is 0 Å². The second kappa shape index (κ2) is 9.15. The van der Waals surface area contributed by atoms with Crippen LogP contribution in [0, 0.1) is 0 Å². The van der Waals surface area contributed by atoms with Crippen molar-refractivity contribution in [2.75, 3.05) is 33.1 Å². The summed E-state index contributed by atoms with van der Waals surface area (Å²) < 4.78 is 30.4. The average molecular weight is 391 g/mol. The normalized spacial score (nSPS) is 11.6. The van der Waals surface area contributed by atoms with E-state index in [-0.39, 0.29) is 11.5 Å². The fourth-order valence-electron chi connectivity index (χ4n) is 2.03. The molecule has 0 aromatic heterocycles. The van der Waals surface area contributed by atoms with Crippen LogP contribution in [0.5, 0.6) is 5.75 Å². The summed E-state index contributed by atoms with van der Waals surface area (Å²) in [4.78, 5) is 17.0. The topological polar surface area (TPSA) is 97.3 Å². The number of hydrogen-bond donors (Lipinski definition) is 1. The Morgan fingerprint density at radius 3 is 2.52 bits per heavy atom. The van der Waals surface area contributed by atoms with Gasteiger partial charge in [0.15, 0.2) is 6.61 Å². The highest BCUT2D eigenvalue weighted by molar-refractivity contribution is 7.89. The lowest BCUT2D eigenvalue weighted by Gasteiger charge is -2.12. The fraction of sp³-hybridized carbons (Fsp3) is 0.222. The highest BCUT2D eigenvalue weighted by Gasteiger charge is 2.17. The van der Waals surface area contributed by atoms with Gasteiger partial charge in [-0.3, -0.25) is 4.79 Å². The number of sulfonamides is 1. The molecule has 27 heavy (non-hydrogen) atoms. The summed E-state index contributed by atoms with van der Waals surface area (Å²) in [6.07, 6.45) is 1.47. The van der Waals surface area contributed by atoms with E-state index < -0.39 is 15.9 Å². The van der Waals surface area contributed by atoms with Gasteiger partial charge in [0.25, 0.3) is 5.91 Å². The maximum absolute atomic E-state index is 12.1. The molecule has 1 N–H and O–H groups in total. The van der Waals surface area contributed by atoms with Gasteiger partial charge in [0.05, 0.1) is 18.2 Å². The zero-order valence-corrected chi connectivity index (χ0v) is 16.1. The maximum atomic E-state index is 12.1. The molecule has 9 heteroatoms. The summed E-state index contributed by atoms with van der Waals surface area (Å²) in [7, 11) is 0.886. The Morgan fingerprint density at radius 2 is 1.89 bits per heavy atom. The van der Waals surface area contributed by atoms with Crippen molar-refractivity contribution in [2.45, 2.75) is 4.90 Å². The molecule has 144 valence electrons. The molecule has 0 aliphatic rings. The summed E-state index contributed by atoms with van der Waals surface area (Å²) in [5, 5.41) is 6.30. The molecule has 2 aromatic carbocycles. The molecule has 0 aliphatic carbocycles. The van der Waals surface area contributed by atoms with E-state index in [2.05, 4.69) is 10.5 Å². The Labute approximate surface area is 158 Å². The van der Waals surface area contributed by atoms with Gasteiger partial charge in [-0.25, -0.2) is 12.7 Å². The van der Waals surface area contributed by atoms with Crippen LogP contribution < -0.4 is 10.1 Å². The first-order valence-electron chi connectivity index (χ1n) is 7.95. The number of methoxy groups -OCH3 is 1. The summed E-state index contributed by atoms with van der Waals surface area (Å²) in [6, 6.07) is 13.1. The highest BCUT2D eigenvalue weighted by atomic mass is 32.2. The molecule has 2 rings (SSSR count). The second-order valence-electron chi connectivity index (χ2n) is 5.64. The van der Waals surface area contributed by atoms with Crippen LogP contribution in [0.2, 0.25) is 0 Å². The van der Waals surface area contributed by atoms with Crippen LogP contribution >= 0.6 is 0 Å². The maximum Gasteiger partial charge on any atom is 0.265 e. The van der Waals surface area contributed by atoms with Crippen LogP contribution in [0.3, 0.4) is 0 Å². The van der Waals surface area contributed by atoms with Gasteiger partial charge in [0.1, 0.15) is 5.75 Å². The molecule has 0 bridgehead atoms. The Bertz CT molecular complexity index is 909. The number of rotatable bonds is 8. The standard InChI is InChI=1S/C18H21N3O5S/c1-21(2)27(23,24)17-6-4-5-15(11-17)20-18(22)13-26-19-12-14-7-9-16(25-3)10-8-14/h4-12H,13H2,1-3H3,(H,20,22)/b19-12-. The number of nitrogens with one attached hydrogen (secondary N) is 1. The molecular formula is C18H21N3O5S. The van der Waals surface area contributed by atoms with E-state index in [0.717, 1.165) is 15.6 Å². The molecular weight excluding hydrogens is 370 g/mol. The third-order valence-corrected chi connectivity index (χ3v) is 5.30. The van der Waals surface area contributed by atoms with Crippen molar-refractivity contribution in [3.8, 4) is 5.75 Å². The first kappa shape index (κ1) is 20.4. The molecule has 0 heterocycles. The molecule has 0 unspecified atom stereocenters. The Balaban J connectivity index is 1.89. The summed E-state index contributed by atoms with van der Waals surface area (Å²) in [5.41, 5.74) is 1.14. The number of carbonyl (C=O) groups is 1. The van der Waals surface area contributed by atoms with Crippen LogP contribution in [0.1, 0.15) is 5.56 Å². The lowest BCUT2D eigenvalue weighted by atomic mass is 10.2. The van der Waals surface area contributed by atoms with E-state index in [0.29, 0.717) is 5.69 Å². The lowest BCUT2D eigenvalue weighted by Crippen LogP contribution is -2.22. The third-order valence-electron chi connectivity index (χ3n) is 3.48. The predicted molar refractivity (Wildman–Crippen MR) is 102 cm³/mol. The summed E-state index contributed by atoms with van der Waals surface area (Å²) in [6.45, 7) is -0.308. The quantitative estimate of drug-likeness (QED) is 0.548. The van der Waals surface area contributed by atoms with Gasteiger partial charge in [0.2, 0.25) is 10.0 Å². The average Bonchev–Trinajstić information content (AvgIpc) is 2.66. The van der Waals surface area contributed by atoms with E-state index in [4.69, 9.17) is 9.57 Å². The minimum absolute atomic E-state index is 0.0868. The van der Waals surface area contributed by atoms with Crippen molar-refractivity contribution in [3.63, 3.8) is 0 Å². The van der Waals surface area contributed by atoms with Crippen LogP contribution in [0.25, 0.3) is 0 Å². The van der Waals surface area contributed by atoms with Gasteiger partial charge in [-0.2, -0.15) is 0 Å². The number of benzene rings is 2. The van der Waals surface area contributed by atoms with Gasteiger partial charge in [-0.05, 0) is 48.0 Å². The van der Waals surface area contributed by atoms with Crippen molar-refractivity contribution in [1.82, 2.24) is 4.31 Å². The molecule has 1 amide bonds. The van der Waals surface area contributed by atoms with Gasteiger partial charge < -0.3 is 14.9 Å². The zero-order chi connectivity index (χ0) is 19.9. The largest absolute Gasteiger partial charge is 0.497 e. The molecule has 0 spiro atoms. The number of nitrogens with zero attached hydrogens (tertiary/aromatic N) is 2. The van der Waals surface area contributed by atoms with E-state index in [1.807, 2.05) is 0 Å². The van der Waals surface area contributed by atoms with Gasteiger partial charge in [0, 0.05) is 19.8 Å². The first-order chi connectivity index (χ1) is 12.8. The number of anilines is 1. The molecule has 0 saturated carbocycles. The van der Waals surface area contributed by atoms with Crippen molar-refractivity contribution in [3.05, 3.63) is 54.1 Å². The third kappa shape index (κ3) is 5.80. The smallest absolute Gasteiger partial charge is 0.265 e. The van der Waals surface area contributed by atoms with Crippen LogP contribution in [-0.2, 0) is 19.7 Å². The van der Waals surface area contributed by atoms with Crippen molar-refractivity contribution < 1.29 is 22.8 Å². The SMILES string of the molecule is COc1ccc(/C=N\OCC(=O)Nc2cccc(S(=O)(=O)N(C)C)c2)cc1. The zero-order valence-electron chi connectivity index (χ0n) is 15.2. The van der Waals surface area contributed by atoms with Crippen LogP contribution in [0.15, 0.2) is 58.6 Å². The molecule has 0 saturated heterocycles. The molecule has 0 radical (unpaired) electrons. The van der Waals surface area contributed by atoms with E-state index in [1.165, 1.54) is 32.4 Å². The number of ether oxygens (including phenoxy) is 1. The Morgan fingerprint density at radius 1 is 1.19 bits per heavy atom. The monoisotopic (exact) mass is 391 g/mol. The minimum atomic E-state index is -3.57. The fourth-order valence-corrected chi connectivity index (χ4v) is 2.97. The van der Waals surface area contributed by atoms with Crippen molar-refractivity contribution in [1.29, 1.82) is 0 Å². The number of amides is 1. The second-order valence-corrected chi connectivity index (χ2v) is 7.80. The number of carbonyl (C=O) groups excluding carboxylic acids is 1. The van der Waals surface area contributed by atoms with Gasteiger partial charge in [-0.1, -0.05) is 11.2 Å². The van der Waals surface area contributed by atoms with Crippen molar-refractivity contribution >= 4 is 27.8 Å². The minimum Gasteiger partial charge on any atom is -0.497 e. The molecule has 0 aliphatic heterocycles. The molecule has 2 aromatic rings. The van der Waals surface area contributed by atoms with Crippen molar-refractivity contribution in [2.24, 2.45) is 5.16 Å². The first-order valence-corrected chi connectivity index (χ1v) is 9.39.